The molecule has 0 saturated heterocycles. The standard InChI is InChI=1S/C18H21ClN2O3/c1-21-17(23)18(20,12-22)10-13-5-7-16(8-6-13)24-11-14-3-2-4-15(19)9-14/h2-9,22H,10-12,20H2,1H3,(H,21,23)/t18-/m0/s1. The van der Waals surface area contributed by atoms with Gasteiger partial charge in [0.15, 0.2) is 0 Å². The van der Waals surface area contributed by atoms with Crippen LogP contribution in [0.15, 0.2) is 48.5 Å². The first-order chi connectivity index (χ1) is 11.5. The summed E-state index contributed by atoms with van der Waals surface area (Å²) in [6, 6.07) is 14.7. The number of likely N-dealkylation sites (N-methyl/N-ethyl adjacent to an activating group) is 1. The molecule has 0 aliphatic heterocycles. The van der Waals surface area contributed by atoms with E-state index in [1.165, 1.54) is 7.05 Å². The third-order valence-corrected chi connectivity index (χ3v) is 3.93. The quantitative estimate of drug-likeness (QED) is 0.713. The maximum Gasteiger partial charge on any atom is 0.242 e. The number of aliphatic hydroxyl groups is 1. The molecule has 0 aliphatic carbocycles. The Morgan fingerprint density at radius 3 is 2.54 bits per heavy atom. The molecule has 2 aromatic rings. The molecular weight excluding hydrogens is 328 g/mol. The summed E-state index contributed by atoms with van der Waals surface area (Å²) in [6.45, 7) is -0.0185. The Labute approximate surface area is 146 Å². The van der Waals surface area contributed by atoms with E-state index in [0.717, 1.165) is 11.1 Å². The van der Waals surface area contributed by atoms with Crippen molar-refractivity contribution in [2.24, 2.45) is 5.73 Å². The van der Waals surface area contributed by atoms with E-state index in [2.05, 4.69) is 5.32 Å². The molecule has 0 saturated carbocycles. The maximum atomic E-state index is 11.8. The van der Waals surface area contributed by atoms with Crippen molar-refractivity contribution in [3.63, 3.8) is 0 Å². The lowest BCUT2D eigenvalue weighted by atomic mass is 9.91. The van der Waals surface area contributed by atoms with Gasteiger partial charge >= 0.3 is 0 Å². The van der Waals surface area contributed by atoms with Crippen LogP contribution in [0.3, 0.4) is 0 Å². The molecule has 0 aliphatic rings. The molecule has 2 rings (SSSR count). The highest BCUT2D eigenvalue weighted by Crippen LogP contribution is 2.18. The Bertz CT molecular complexity index is 691. The summed E-state index contributed by atoms with van der Waals surface area (Å²) in [4.78, 5) is 11.8. The molecule has 24 heavy (non-hydrogen) atoms. The summed E-state index contributed by atoms with van der Waals surface area (Å²) in [7, 11) is 1.49. The van der Waals surface area contributed by atoms with Crippen LogP contribution < -0.4 is 15.8 Å². The van der Waals surface area contributed by atoms with Gasteiger partial charge in [0.25, 0.3) is 0 Å². The van der Waals surface area contributed by atoms with Crippen LogP contribution in [0.25, 0.3) is 0 Å². The van der Waals surface area contributed by atoms with Crippen LogP contribution >= 0.6 is 11.6 Å². The molecule has 2 aromatic carbocycles. The number of benzene rings is 2. The van der Waals surface area contributed by atoms with E-state index in [1.807, 2.05) is 48.5 Å². The first-order valence-electron chi connectivity index (χ1n) is 7.55. The van der Waals surface area contributed by atoms with E-state index in [9.17, 15) is 9.90 Å². The minimum Gasteiger partial charge on any atom is -0.489 e. The molecular formula is C18H21ClN2O3. The zero-order valence-electron chi connectivity index (χ0n) is 13.5. The normalized spacial score (nSPS) is 13.2. The van der Waals surface area contributed by atoms with Crippen molar-refractivity contribution in [3.05, 3.63) is 64.7 Å². The molecule has 0 aromatic heterocycles. The van der Waals surface area contributed by atoms with Gasteiger partial charge in [-0.1, -0.05) is 35.9 Å². The van der Waals surface area contributed by atoms with Crippen LogP contribution in [-0.4, -0.2) is 30.2 Å². The number of nitrogens with one attached hydrogen (secondary N) is 1. The second-order valence-electron chi connectivity index (χ2n) is 5.63. The first-order valence-corrected chi connectivity index (χ1v) is 7.93. The maximum absolute atomic E-state index is 11.8. The van der Waals surface area contributed by atoms with Gasteiger partial charge in [-0.15, -0.1) is 0 Å². The molecule has 1 amide bonds. The lowest BCUT2D eigenvalue weighted by Gasteiger charge is -2.25. The van der Waals surface area contributed by atoms with Gasteiger partial charge in [0.2, 0.25) is 5.91 Å². The number of carbonyl (C=O) groups excluding carboxylic acids is 1. The number of nitrogens with two attached hydrogens (primary N) is 1. The Morgan fingerprint density at radius 2 is 1.96 bits per heavy atom. The van der Waals surface area contributed by atoms with Crippen molar-refractivity contribution >= 4 is 17.5 Å². The number of ether oxygens (including phenoxy) is 1. The average Bonchev–Trinajstić information content (AvgIpc) is 2.60. The molecule has 0 radical (unpaired) electrons. The topological polar surface area (TPSA) is 84.6 Å². The molecule has 0 bridgehead atoms. The average molecular weight is 349 g/mol. The molecule has 0 unspecified atom stereocenters. The Hall–Kier alpha value is -2.08. The summed E-state index contributed by atoms with van der Waals surface area (Å²) in [5.74, 6) is 0.302. The summed E-state index contributed by atoms with van der Waals surface area (Å²) in [6.07, 6.45) is 0.234. The highest BCUT2D eigenvalue weighted by Gasteiger charge is 2.32. The number of hydrogen-bond donors (Lipinski definition) is 3. The SMILES string of the molecule is CNC(=O)[C@@](N)(CO)Cc1ccc(OCc2cccc(Cl)c2)cc1. The molecule has 128 valence electrons. The van der Waals surface area contributed by atoms with Gasteiger partial charge in [-0.25, -0.2) is 0 Å². The third kappa shape index (κ3) is 4.71. The van der Waals surface area contributed by atoms with Crippen LogP contribution in [-0.2, 0) is 17.8 Å². The molecule has 0 spiro atoms. The van der Waals surface area contributed by atoms with Crippen molar-refractivity contribution in [2.75, 3.05) is 13.7 Å². The number of halogens is 1. The second kappa shape index (κ2) is 8.15. The van der Waals surface area contributed by atoms with Crippen LogP contribution in [0, 0.1) is 0 Å². The monoisotopic (exact) mass is 348 g/mol. The van der Waals surface area contributed by atoms with Crippen molar-refractivity contribution in [2.45, 2.75) is 18.6 Å². The molecule has 6 heteroatoms. The first kappa shape index (κ1) is 18.3. The number of amides is 1. The highest BCUT2D eigenvalue weighted by molar-refractivity contribution is 6.30. The lowest BCUT2D eigenvalue weighted by molar-refractivity contribution is -0.127. The van der Waals surface area contributed by atoms with Crippen LogP contribution in [0.5, 0.6) is 5.75 Å². The van der Waals surface area contributed by atoms with E-state index in [1.54, 1.807) is 0 Å². The summed E-state index contributed by atoms with van der Waals surface area (Å²) in [5.41, 5.74) is 6.45. The van der Waals surface area contributed by atoms with Gasteiger partial charge < -0.3 is 20.9 Å². The molecule has 1 atom stereocenters. The predicted octanol–water partition coefficient (Wildman–Crippen LogP) is 1.90. The van der Waals surface area contributed by atoms with E-state index in [-0.39, 0.29) is 6.42 Å². The van der Waals surface area contributed by atoms with Crippen molar-refractivity contribution < 1.29 is 14.6 Å². The van der Waals surface area contributed by atoms with Gasteiger partial charge in [-0.3, -0.25) is 4.79 Å². The highest BCUT2D eigenvalue weighted by atomic mass is 35.5. The largest absolute Gasteiger partial charge is 0.489 e. The molecule has 0 fully saturated rings. The van der Waals surface area contributed by atoms with E-state index in [0.29, 0.717) is 17.4 Å². The molecule has 4 N–H and O–H groups in total. The van der Waals surface area contributed by atoms with E-state index >= 15 is 0 Å². The lowest BCUT2D eigenvalue weighted by Crippen LogP contribution is -2.57. The Kier molecular flexibility index (Phi) is 6.20. The van der Waals surface area contributed by atoms with Gasteiger partial charge in [0.1, 0.15) is 17.9 Å². The van der Waals surface area contributed by atoms with Gasteiger partial charge in [-0.2, -0.15) is 0 Å². The fourth-order valence-electron chi connectivity index (χ4n) is 2.32. The zero-order valence-corrected chi connectivity index (χ0v) is 14.2. The minimum atomic E-state index is -1.34. The number of hydrogen-bond acceptors (Lipinski definition) is 4. The Morgan fingerprint density at radius 1 is 1.25 bits per heavy atom. The second-order valence-corrected chi connectivity index (χ2v) is 6.07. The number of aliphatic hydroxyl groups excluding tert-OH is 1. The van der Waals surface area contributed by atoms with Crippen LogP contribution in [0.4, 0.5) is 0 Å². The summed E-state index contributed by atoms with van der Waals surface area (Å²) >= 11 is 5.94. The number of rotatable bonds is 7. The number of carbonyl (C=O) groups is 1. The predicted molar refractivity (Wildman–Crippen MR) is 94.0 cm³/mol. The van der Waals surface area contributed by atoms with Crippen LogP contribution in [0.2, 0.25) is 5.02 Å². The minimum absolute atomic E-state index is 0.234. The van der Waals surface area contributed by atoms with Gasteiger partial charge in [-0.05, 0) is 35.4 Å². The smallest absolute Gasteiger partial charge is 0.242 e. The summed E-state index contributed by atoms with van der Waals surface area (Å²) in [5, 5.41) is 12.6. The van der Waals surface area contributed by atoms with Crippen molar-refractivity contribution in [1.29, 1.82) is 0 Å². The molecule has 5 nitrogen and oxygen atoms in total. The summed E-state index contributed by atoms with van der Waals surface area (Å²) < 4.78 is 5.71. The van der Waals surface area contributed by atoms with E-state index < -0.39 is 18.1 Å². The van der Waals surface area contributed by atoms with Gasteiger partial charge in [0, 0.05) is 18.5 Å². The zero-order chi connectivity index (χ0) is 17.6. The van der Waals surface area contributed by atoms with E-state index in [4.69, 9.17) is 22.1 Å². The third-order valence-electron chi connectivity index (χ3n) is 3.70. The van der Waals surface area contributed by atoms with Crippen molar-refractivity contribution in [1.82, 2.24) is 5.32 Å². The van der Waals surface area contributed by atoms with Crippen molar-refractivity contribution in [3.8, 4) is 5.75 Å². The van der Waals surface area contributed by atoms with Crippen LogP contribution in [0.1, 0.15) is 11.1 Å². The fourth-order valence-corrected chi connectivity index (χ4v) is 2.53. The molecule has 0 heterocycles. The Balaban J connectivity index is 1.98. The van der Waals surface area contributed by atoms with Gasteiger partial charge in [0.05, 0.1) is 6.61 Å². The fraction of sp³-hybridized carbons (Fsp3) is 0.278.